The highest BCUT2D eigenvalue weighted by atomic mass is 19.1. The van der Waals surface area contributed by atoms with Gasteiger partial charge in [0.25, 0.3) is 0 Å². The summed E-state index contributed by atoms with van der Waals surface area (Å²) in [5.41, 5.74) is 0.308. The first-order chi connectivity index (χ1) is 6.66. The molecule has 0 saturated carbocycles. The van der Waals surface area contributed by atoms with E-state index in [2.05, 4.69) is 0 Å². The lowest BCUT2D eigenvalue weighted by atomic mass is 9.95. The summed E-state index contributed by atoms with van der Waals surface area (Å²) in [7, 11) is 0. The minimum Gasteiger partial charge on any atom is -0.480 e. The molecule has 1 unspecified atom stereocenters. The van der Waals surface area contributed by atoms with E-state index >= 15 is 0 Å². The molecule has 1 atom stereocenters. The Morgan fingerprint density at radius 3 is 2.29 bits per heavy atom. The van der Waals surface area contributed by atoms with Crippen molar-refractivity contribution >= 4 is 11.8 Å². The topological polar surface area (TPSA) is 54.4 Å². The van der Waals surface area contributed by atoms with Gasteiger partial charge in [-0.2, -0.15) is 0 Å². The van der Waals surface area contributed by atoms with Crippen LogP contribution < -0.4 is 0 Å². The second-order valence-electron chi connectivity index (χ2n) is 2.78. The number of hydrogen-bond acceptors (Lipinski definition) is 2. The lowest BCUT2D eigenvalue weighted by Crippen LogP contribution is -2.22. The second-order valence-corrected chi connectivity index (χ2v) is 2.78. The number of ketones is 1. The lowest BCUT2D eigenvalue weighted by molar-refractivity contribution is -0.142. The maximum Gasteiger partial charge on any atom is 0.318 e. The van der Waals surface area contributed by atoms with E-state index in [9.17, 15) is 14.0 Å². The van der Waals surface area contributed by atoms with Crippen LogP contribution in [0.3, 0.4) is 0 Å². The van der Waals surface area contributed by atoms with Crippen LogP contribution in [0.4, 0.5) is 4.39 Å². The van der Waals surface area contributed by atoms with Gasteiger partial charge in [0, 0.05) is 0 Å². The Bertz CT molecular complexity index is 334. The predicted octanol–water partition coefficient (Wildman–Crippen LogP) is 1.39. The van der Waals surface area contributed by atoms with Gasteiger partial charge in [-0.15, -0.1) is 0 Å². The number of rotatable bonds is 4. The van der Waals surface area contributed by atoms with Gasteiger partial charge < -0.3 is 5.11 Å². The highest BCUT2D eigenvalue weighted by Gasteiger charge is 2.27. The fraction of sp³-hybridized carbons (Fsp3) is 0.200. The van der Waals surface area contributed by atoms with Gasteiger partial charge in [0.15, 0.2) is 5.78 Å². The Labute approximate surface area is 80.2 Å². The summed E-state index contributed by atoms with van der Waals surface area (Å²) < 4.78 is 12.1. The molecule has 0 spiro atoms. The summed E-state index contributed by atoms with van der Waals surface area (Å²) in [6.07, 6.45) is 0. The van der Waals surface area contributed by atoms with Crippen LogP contribution in [0.15, 0.2) is 30.3 Å². The van der Waals surface area contributed by atoms with Gasteiger partial charge in [-0.25, -0.2) is 4.39 Å². The highest BCUT2D eigenvalue weighted by Crippen LogP contribution is 2.16. The van der Waals surface area contributed by atoms with Gasteiger partial charge in [-0.1, -0.05) is 30.3 Å². The van der Waals surface area contributed by atoms with Crippen molar-refractivity contribution in [2.45, 2.75) is 5.92 Å². The number of benzene rings is 1. The molecule has 0 heterocycles. The summed E-state index contributed by atoms with van der Waals surface area (Å²) in [5.74, 6) is -3.64. The van der Waals surface area contributed by atoms with E-state index in [4.69, 9.17) is 5.11 Å². The van der Waals surface area contributed by atoms with E-state index in [0.717, 1.165) is 0 Å². The van der Waals surface area contributed by atoms with Crippen LogP contribution in [-0.4, -0.2) is 23.5 Å². The smallest absolute Gasteiger partial charge is 0.318 e. The summed E-state index contributed by atoms with van der Waals surface area (Å²) in [6.45, 7) is -1.26. The van der Waals surface area contributed by atoms with Crippen LogP contribution in [0.1, 0.15) is 11.5 Å². The third-order valence-corrected chi connectivity index (χ3v) is 1.83. The zero-order valence-corrected chi connectivity index (χ0v) is 7.31. The highest BCUT2D eigenvalue weighted by molar-refractivity contribution is 6.04. The van der Waals surface area contributed by atoms with Crippen LogP contribution in [-0.2, 0) is 9.59 Å². The molecule has 74 valence electrons. The number of hydrogen-bond donors (Lipinski definition) is 1. The first kappa shape index (κ1) is 10.4. The minimum absolute atomic E-state index is 0.308. The average molecular weight is 196 g/mol. The maximum atomic E-state index is 12.1. The Morgan fingerprint density at radius 1 is 1.29 bits per heavy atom. The van der Waals surface area contributed by atoms with E-state index in [-0.39, 0.29) is 0 Å². The summed E-state index contributed by atoms with van der Waals surface area (Å²) in [4.78, 5) is 21.7. The molecule has 0 fully saturated rings. The molecule has 1 rings (SSSR count). The molecule has 0 aliphatic carbocycles. The first-order valence-corrected chi connectivity index (χ1v) is 4.03. The van der Waals surface area contributed by atoms with E-state index in [0.29, 0.717) is 5.56 Å². The molecule has 0 aliphatic rings. The number of carbonyl (C=O) groups is 2. The molecular formula is C10H9FO3. The normalized spacial score (nSPS) is 12.1. The van der Waals surface area contributed by atoms with Crippen molar-refractivity contribution in [3.63, 3.8) is 0 Å². The Balaban J connectivity index is 3.01. The van der Waals surface area contributed by atoms with Crippen LogP contribution in [0.5, 0.6) is 0 Å². The zero-order chi connectivity index (χ0) is 10.6. The maximum absolute atomic E-state index is 12.1. The molecule has 3 nitrogen and oxygen atoms in total. The lowest BCUT2D eigenvalue weighted by Gasteiger charge is -2.08. The van der Waals surface area contributed by atoms with Crippen LogP contribution >= 0.6 is 0 Å². The van der Waals surface area contributed by atoms with Gasteiger partial charge in [-0.05, 0) is 5.56 Å². The van der Waals surface area contributed by atoms with Gasteiger partial charge in [0.2, 0.25) is 0 Å². The van der Waals surface area contributed by atoms with Crippen molar-refractivity contribution in [2.24, 2.45) is 0 Å². The molecule has 0 saturated heterocycles. The Morgan fingerprint density at radius 2 is 1.86 bits per heavy atom. The molecule has 0 bridgehead atoms. The number of carbonyl (C=O) groups excluding carboxylic acids is 1. The van der Waals surface area contributed by atoms with E-state index in [1.807, 2.05) is 0 Å². The second kappa shape index (κ2) is 4.50. The Kier molecular flexibility index (Phi) is 3.34. The molecule has 1 aromatic carbocycles. The number of carboxylic acids is 1. The fourth-order valence-electron chi connectivity index (χ4n) is 1.19. The van der Waals surface area contributed by atoms with Gasteiger partial charge >= 0.3 is 5.97 Å². The molecule has 0 amide bonds. The van der Waals surface area contributed by atoms with Crippen molar-refractivity contribution in [1.29, 1.82) is 0 Å². The molecule has 0 aliphatic heterocycles. The number of alkyl halides is 1. The number of carboxylic acid groups (broad SMARTS) is 1. The summed E-state index contributed by atoms with van der Waals surface area (Å²) in [5, 5.41) is 8.74. The average Bonchev–Trinajstić information content (AvgIpc) is 2.19. The first-order valence-electron chi connectivity index (χ1n) is 4.03. The van der Waals surface area contributed by atoms with Crippen LogP contribution in [0.25, 0.3) is 0 Å². The quantitative estimate of drug-likeness (QED) is 0.740. The summed E-state index contributed by atoms with van der Waals surface area (Å²) >= 11 is 0. The molecule has 1 N–H and O–H groups in total. The molecule has 0 aromatic heterocycles. The fourth-order valence-corrected chi connectivity index (χ4v) is 1.19. The number of aliphatic carboxylic acids is 1. The van der Waals surface area contributed by atoms with Crippen molar-refractivity contribution < 1.29 is 19.1 Å². The predicted molar refractivity (Wildman–Crippen MR) is 47.8 cm³/mol. The van der Waals surface area contributed by atoms with Gasteiger partial charge in [0.05, 0.1) is 0 Å². The SMILES string of the molecule is O=C(O)C(C(=O)CF)c1ccccc1. The van der Waals surface area contributed by atoms with Crippen LogP contribution in [0.2, 0.25) is 0 Å². The standard InChI is InChI=1S/C10H9FO3/c11-6-8(12)9(10(13)14)7-4-2-1-3-5-7/h1-5,9H,6H2,(H,13,14). The molecule has 0 radical (unpaired) electrons. The van der Waals surface area contributed by atoms with E-state index in [1.165, 1.54) is 12.1 Å². The van der Waals surface area contributed by atoms with Crippen molar-refractivity contribution in [3.05, 3.63) is 35.9 Å². The van der Waals surface area contributed by atoms with Gasteiger partial charge in [-0.3, -0.25) is 9.59 Å². The van der Waals surface area contributed by atoms with Crippen molar-refractivity contribution in [2.75, 3.05) is 6.67 Å². The molecule has 4 heteroatoms. The van der Waals surface area contributed by atoms with E-state index < -0.39 is 24.3 Å². The summed E-state index contributed by atoms with van der Waals surface area (Å²) in [6, 6.07) is 7.90. The monoisotopic (exact) mass is 196 g/mol. The largest absolute Gasteiger partial charge is 0.480 e. The van der Waals surface area contributed by atoms with Gasteiger partial charge in [0.1, 0.15) is 12.6 Å². The zero-order valence-electron chi connectivity index (χ0n) is 7.31. The number of halogens is 1. The number of Topliss-reactive ketones (excluding diaryl/α,β-unsaturated/α-hetero) is 1. The van der Waals surface area contributed by atoms with Crippen molar-refractivity contribution in [3.8, 4) is 0 Å². The molecule has 1 aromatic rings. The third-order valence-electron chi connectivity index (χ3n) is 1.83. The third kappa shape index (κ3) is 2.16. The molecular weight excluding hydrogens is 187 g/mol. The minimum atomic E-state index is -1.39. The Hall–Kier alpha value is -1.71. The molecule has 14 heavy (non-hydrogen) atoms. The van der Waals surface area contributed by atoms with Crippen molar-refractivity contribution in [1.82, 2.24) is 0 Å². The van der Waals surface area contributed by atoms with Crippen LogP contribution in [0, 0.1) is 0 Å². The van der Waals surface area contributed by atoms with E-state index in [1.54, 1.807) is 18.2 Å².